The lowest BCUT2D eigenvalue weighted by molar-refractivity contribution is 0.668. The molecule has 0 bridgehead atoms. The van der Waals surface area contributed by atoms with Crippen molar-refractivity contribution in [1.82, 2.24) is 0 Å². The van der Waals surface area contributed by atoms with Crippen LogP contribution in [0.2, 0.25) is 0 Å². The molecule has 3 rings (SSSR count). The zero-order valence-corrected chi connectivity index (χ0v) is 11.7. The highest BCUT2D eigenvalue weighted by molar-refractivity contribution is 6.06. The third kappa shape index (κ3) is 2.06. The van der Waals surface area contributed by atoms with E-state index in [-0.39, 0.29) is 0 Å². The summed E-state index contributed by atoms with van der Waals surface area (Å²) < 4.78 is 5.95. The van der Waals surface area contributed by atoms with Gasteiger partial charge in [-0.2, -0.15) is 0 Å². The molecule has 0 fully saturated rings. The first-order valence-electron chi connectivity index (χ1n) is 6.79. The van der Waals surface area contributed by atoms with Crippen LogP contribution in [0.15, 0.2) is 40.8 Å². The van der Waals surface area contributed by atoms with Crippen LogP contribution < -0.4 is 0 Å². The van der Waals surface area contributed by atoms with E-state index in [1.54, 1.807) is 0 Å². The number of hydrogen-bond donors (Lipinski definition) is 0. The van der Waals surface area contributed by atoms with Gasteiger partial charge in [0.15, 0.2) is 0 Å². The molecule has 0 aliphatic heterocycles. The van der Waals surface area contributed by atoms with Crippen LogP contribution in [0.3, 0.4) is 0 Å². The summed E-state index contributed by atoms with van der Waals surface area (Å²) in [4.78, 5) is 0. The van der Waals surface area contributed by atoms with Gasteiger partial charge in [-0.1, -0.05) is 31.2 Å². The molecule has 0 spiro atoms. The third-order valence-corrected chi connectivity index (χ3v) is 3.55. The van der Waals surface area contributed by atoms with E-state index in [1.807, 2.05) is 0 Å². The van der Waals surface area contributed by atoms with Gasteiger partial charge in [-0.05, 0) is 55.2 Å². The minimum Gasteiger partial charge on any atom is -0.456 e. The molecule has 19 heavy (non-hydrogen) atoms. The fourth-order valence-corrected chi connectivity index (χ4v) is 2.47. The summed E-state index contributed by atoms with van der Waals surface area (Å²) in [7, 11) is 0. The summed E-state index contributed by atoms with van der Waals surface area (Å²) in [5, 5.41) is 2.41. The van der Waals surface area contributed by atoms with Gasteiger partial charge in [0, 0.05) is 10.8 Å². The van der Waals surface area contributed by atoms with Crippen molar-refractivity contribution < 1.29 is 4.42 Å². The summed E-state index contributed by atoms with van der Waals surface area (Å²) in [6, 6.07) is 10.8. The van der Waals surface area contributed by atoms with Crippen LogP contribution in [-0.2, 0) is 0 Å². The Morgan fingerprint density at radius 1 is 1.00 bits per heavy atom. The van der Waals surface area contributed by atoms with Crippen LogP contribution in [0.5, 0.6) is 0 Å². The van der Waals surface area contributed by atoms with Crippen LogP contribution in [0, 0.1) is 13.8 Å². The van der Waals surface area contributed by atoms with E-state index in [9.17, 15) is 0 Å². The average Bonchev–Trinajstić information content (AvgIpc) is 2.72. The Bertz CT molecular complexity index is 775. The van der Waals surface area contributed by atoms with Crippen molar-refractivity contribution in [3.8, 4) is 0 Å². The fourth-order valence-electron chi connectivity index (χ4n) is 2.47. The molecule has 0 saturated heterocycles. The second kappa shape index (κ2) is 4.58. The third-order valence-electron chi connectivity index (χ3n) is 3.55. The van der Waals surface area contributed by atoms with Crippen molar-refractivity contribution in [3.63, 3.8) is 0 Å². The normalized spacial score (nSPS) is 11.9. The van der Waals surface area contributed by atoms with Crippen molar-refractivity contribution in [2.45, 2.75) is 27.2 Å². The molecule has 2 aromatic carbocycles. The van der Waals surface area contributed by atoms with Crippen LogP contribution >= 0.6 is 0 Å². The van der Waals surface area contributed by atoms with Gasteiger partial charge in [-0.25, -0.2) is 0 Å². The van der Waals surface area contributed by atoms with Gasteiger partial charge >= 0.3 is 0 Å². The molecule has 0 radical (unpaired) electrons. The fraction of sp³-hybridized carbons (Fsp3) is 0.222. The molecular weight excluding hydrogens is 232 g/mol. The van der Waals surface area contributed by atoms with Crippen molar-refractivity contribution >= 4 is 28.0 Å². The van der Waals surface area contributed by atoms with Gasteiger partial charge in [0.2, 0.25) is 0 Å². The van der Waals surface area contributed by atoms with Gasteiger partial charge in [0.05, 0.1) is 0 Å². The molecule has 0 aliphatic rings. The molecule has 1 heterocycles. The molecule has 0 atom stereocenters. The maximum absolute atomic E-state index is 5.95. The van der Waals surface area contributed by atoms with Gasteiger partial charge in [-0.3, -0.25) is 0 Å². The summed E-state index contributed by atoms with van der Waals surface area (Å²) in [5.41, 5.74) is 5.72. The Kier molecular flexibility index (Phi) is 2.90. The number of hydrogen-bond acceptors (Lipinski definition) is 1. The summed E-state index contributed by atoms with van der Waals surface area (Å²) in [5.74, 6) is 0. The Morgan fingerprint density at radius 2 is 1.79 bits per heavy atom. The number of rotatable bonds is 2. The number of allylic oxidation sites excluding steroid dienone is 1. The lowest BCUT2D eigenvalue weighted by atomic mass is 10.0. The van der Waals surface area contributed by atoms with Crippen LogP contribution in [-0.4, -0.2) is 0 Å². The highest BCUT2D eigenvalue weighted by Gasteiger charge is 2.08. The molecule has 1 nitrogen and oxygen atoms in total. The smallest absolute Gasteiger partial charge is 0.135 e. The molecular formula is C18H18O. The highest BCUT2D eigenvalue weighted by atomic mass is 16.3. The topological polar surface area (TPSA) is 13.1 Å². The van der Waals surface area contributed by atoms with Crippen LogP contribution in [0.4, 0.5) is 0 Å². The largest absolute Gasteiger partial charge is 0.456 e. The molecule has 0 aliphatic carbocycles. The highest BCUT2D eigenvalue weighted by Crippen LogP contribution is 2.31. The van der Waals surface area contributed by atoms with E-state index in [1.165, 1.54) is 27.5 Å². The van der Waals surface area contributed by atoms with E-state index < -0.39 is 0 Å². The van der Waals surface area contributed by atoms with E-state index in [2.05, 4.69) is 63.3 Å². The number of benzene rings is 2. The summed E-state index contributed by atoms with van der Waals surface area (Å²) in [6.45, 7) is 6.38. The molecule has 1 aromatic heterocycles. The Labute approximate surface area is 113 Å². The van der Waals surface area contributed by atoms with E-state index >= 15 is 0 Å². The molecule has 0 N–H and O–H groups in total. The van der Waals surface area contributed by atoms with Gasteiger partial charge < -0.3 is 4.42 Å². The van der Waals surface area contributed by atoms with Crippen LogP contribution in [0.1, 0.15) is 30.0 Å². The van der Waals surface area contributed by atoms with E-state index in [4.69, 9.17) is 4.42 Å². The predicted molar refractivity (Wildman–Crippen MR) is 82.5 cm³/mol. The Morgan fingerprint density at radius 3 is 2.58 bits per heavy atom. The molecule has 0 saturated carbocycles. The van der Waals surface area contributed by atoms with E-state index in [0.717, 1.165) is 17.6 Å². The summed E-state index contributed by atoms with van der Waals surface area (Å²) in [6.07, 6.45) is 5.45. The first-order chi connectivity index (χ1) is 9.19. The monoisotopic (exact) mass is 250 g/mol. The number of furan rings is 1. The average molecular weight is 250 g/mol. The lowest BCUT2D eigenvalue weighted by Crippen LogP contribution is -1.80. The minimum atomic E-state index is 0.978. The number of aryl methyl sites for hydroxylation is 2. The van der Waals surface area contributed by atoms with Crippen LogP contribution in [0.25, 0.3) is 28.0 Å². The molecule has 3 aromatic rings. The van der Waals surface area contributed by atoms with Crippen molar-refractivity contribution in [1.29, 1.82) is 0 Å². The van der Waals surface area contributed by atoms with Gasteiger partial charge in [0.1, 0.15) is 11.2 Å². The molecule has 1 heteroatoms. The second-order valence-electron chi connectivity index (χ2n) is 5.12. The minimum absolute atomic E-state index is 0.978. The quantitative estimate of drug-likeness (QED) is 0.574. The maximum Gasteiger partial charge on any atom is 0.135 e. The maximum atomic E-state index is 5.95. The first kappa shape index (κ1) is 12.0. The van der Waals surface area contributed by atoms with Crippen molar-refractivity contribution in [2.24, 2.45) is 0 Å². The Balaban J connectivity index is 2.31. The molecule has 0 amide bonds. The van der Waals surface area contributed by atoms with E-state index in [0.29, 0.717) is 0 Å². The summed E-state index contributed by atoms with van der Waals surface area (Å²) >= 11 is 0. The number of fused-ring (bicyclic) bond motifs is 3. The molecule has 96 valence electrons. The van der Waals surface area contributed by atoms with Gasteiger partial charge in [-0.15, -0.1) is 0 Å². The predicted octanol–water partition coefficient (Wildman–Crippen LogP) is 5.63. The van der Waals surface area contributed by atoms with Crippen molar-refractivity contribution in [2.75, 3.05) is 0 Å². The zero-order chi connectivity index (χ0) is 13.4. The lowest BCUT2D eigenvalue weighted by Gasteiger charge is -2.00. The van der Waals surface area contributed by atoms with Crippen molar-refractivity contribution in [3.05, 3.63) is 53.1 Å². The van der Waals surface area contributed by atoms with Gasteiger partial charge in [0.25, 0.3) is 0 Å². The Hall–Kier alpha value is -2.02. The second-order valence-corrected chi connectivity index (χ2v) is 5.12. The zero-order valence-electron chi connectivity index (χ0n) is 11.7. The molecule has 0 unspecified atom stereocenters. The standard InChI is InChI=1S/C18H18O/c1-4-5-6-14-11-16-15-8-7-12(2)9-17(15)19-18(16)10-13(14)3/h5-11H,4H2,1-3H3/b6-5-. The first-order valence-corrected chi connectivity index (χ1v) is 6.79. The SMILES string of the molecule is CC/C=C\c1cc2c(cc1C)oc1cc(C)ccc12.